The zero-order valence-corrected chi connectivity index (χ0v) is 22.0. The number of rotatable bonds is 12. The first kappa shape index (κ1) is 27.2. The zero-order chi connectivity index (χ0) is 25.9. The Balaban J connectivity index is 1.61. The summed E-state index contributed by atoms with van der Waals surface area (Å²) in [7, 11) is 0. The van der Waals surface area contributed by atoms with Crippen LogP contribution in [0.3, 0.4) is 0 Å². The van der Waals surface area contributed by atoms with E-state index in [2.05, 4.69) is 25.0 Å². The number of aliphatic hydroxyl groups excluding tert-OH is 1. The minimum atomic E-state index is -0.734. The molecule has 1 N–H and O–H groups in total. The summed E-state index contributed by atoms with van der Waals surface area (Å²) in [5, 5.41) is 9.76. The van der Waals surface area contributed by atoms with Crippen LogP contribution in [0.15, 0.2) is 25.3 Å². The van der Waals surface area contributed by atoms with Crippen LogP contribution in [0, 0.1) is 17.8 Å². The van der Waals surface area contributed by atoms with E-state index in [9.17, 15) is 19.5 Å². The number of β-amino-alcohol motifs (C(OH)–C–C–N with tert-alkyl or cyclic N) is 1. The molecule has 0 aromatic rings. The van der Waals surface area contributed by atoms with Crippen LogP contribution in [0.5, 0.6) is 0 Å². The van der Waals surface area contributed by atoms with Gasteiger partial charge in [0.25, 0.3) is 0 Å². The minimum absolute atomic E-state index is 0.0574. The zero-order valence-electron chi connectivity index (χ0n) is 21.2. The highest BCUT2D eigenvalue weighted by Crippen LogP contribution is 2.68. The maximum absolute atomic E-state index is 14.2. The molecule has 1 spiro atoms. The van der Waals surface area contributed by atoms with Crippen LogP contribution in [0.1, 0.15) is 19.8 Å². The first-order valence-corrected chi connectivity index (χ1v) is 13.8. The monoisotopic (exact) mass is 521 g/mol. The van der Waals surface area contributed by atoms with Crippen molar-refractivity contribution in [2.75, 3.05) is 65.7 Å². The molecule has 0 aromatic heterocycles. The van der Waals surface area contributed by atoms with Gasteiger partial charge in [0.15, 0.2) is 0 Å². The Morgan fingerprint density at radius 3 is 2.69 bits per heavy atom. The maximum Gasteiger partial charge on any atom is 0.310 e. The molecule has 200 valence electrons. The Bertz CT molecular complexity index is 865. The van der Waals surface area contributed by atoms with Gasteiger partial charge in [0.2, 0.25) is 11.8 Å². The lowest BCUT2D eigenvalue weighted by molar-refractivity contribution is -0.154. The topological polar surface area (TPSA) is 99.6 Å². The van der Waals surface area contributed by atoms with E-state index in [1.807, 2.05) is 0 Å². The maximum atomic E-state index is 14.2. The Morgan fingerprint density at radius 1 is 1.28 bits per heavy atom. The molecule has 3 unspecified atom stereocenters. The molecule has 36 heavy (non-hydrogen) atoms. The molecule has 0 saturated carbocycles. The van der Waals surface area contributed by atoms with Crippen LogP contribution in [0.2, 0.25) is 0 Å². The van der Waals surface area contributed by atoms with Gasteiger partial charge in [0.1, 0.15) is 6.04 Å². The fraction of sp³-hybridized carbons (Fsp3) is 0.731. The molecule has 4 rings (SSSR count). The van der Waals surface area contributed by atoms with Gasteiger partial charge in [-0.05, 0) is 18.8 Å². The van der Waals surface area contributed by atoms with Gasteiger partial charge in [-0.3, -0.25) is 19.3 Å². The number of hydrogen-bond acceptors (Lipinski definition) is 8. The summed E-state index contributed by atoms with van der Waals surface area (Å²) in [4.78, 5) is 46.8. The van der Waals surface area contributed by atoms with E-state index < -0.39 is 22.6 Å². The quantitative estimate of drug-likeness (QED) is 0.229. The molecule has 0 aromatic carbocycles. The van der Waals surface area contributed by atoms with Gasteiger partial charge in [-0.2, -0.15) is 0 Å². The van der Waals surface area contributed by atoms with Crippen molar-refractivity contribution < 1.29 is 29.0 Å². The lowest BCUT2D eigenvalue weighted by atomic mass is 9.66. The smallest absolute Gasteiger partial charge is 0.310 e. The molecule has 4 aliphatic heterocycles. The summed E-state index contributed by atoms with van der Waals surface area (Å²) in [6, 6.07) is -0.734. The van der Waals surface area contributed by atoms with Gasteiger partial charge in [-0.1, -0.05) is 19.1 Å². The van der Waals surface area contributed by atoms with Crippen LogP contribution in [-0.2, 0) is 23.9 Å². The SMILES string of the molecule is C=CCCOC(=O)[C@@H]1[C@@H]2CC(C)C3(S2)C(C(=O)N(CC=C)CCN2CCOCC2)N(CCO)C(=O)[C@H]13. The molecule has 2 bridgehead atoms. The molecule has 2 amide bonds. The van der Waals surface area contributed by atoms with Crippen molar-refractivity contribution in [2.24, 2.45) is 17.8 Å². The summed E-state index contributed by atoms with van der Waals surface area (Å²) in [6.07, 6.45) is 4.70. The highest BCUT2D eigenvalue weighted by atomic mass is 32.2. The molecule has 4 heterocycles. The number of carbonyl (C=O) groups is 3. The normalized spacial score (nSPS) is 33.4. The van der Waals surface area contributed by atoms with E-state index in [1.165, 1.54) is 4.90 Å². The molecule has 10 heteroatoms. The van der Waals surface area contributed by atoms with E-state index in [1.54, 1.807) is 28.8 Å². The van der Waals surface area contributed by atoms with Crippen LogP contribution in [0.4, 0.5) is 0 Å². The van der Waals surface area contributed by atoms with Gasteiger partial charge in [0.05, 0.1) is 43.0 Å². The third kappa shape index (κ3) is 4.73. The Hall–Kier alpha value is -1.88. The van der Waals surface area contributed by atoms with Crippen molar-refractivity contribution >= 4 is 29.5 Å². The number of carbonyl (C=O) groups excluding carboxylic acids is 3. The molecule has 4 fully saturated rings. The number of esters is 1. The largest absolute Gasteiger partial charge is 0.465 e. The number of morpholine rings is 1. The van der Waals surface area contributed by atoms with E-state index >= 15 is 0 Å². The fourth-order valence-corrected chi connectivity index (χ4v) is 8.87. The number of hydrogen-bond donors (Lipinski definition) is 1. The van der Waals surface area contributed by atoms with E-state index in [-0.39, 0.29) is 48.7 Å². The Labute approximate surface area is 217 Å². The summed E-state index contributed by atoms with van der Waals surface area (Å²) in [5.41, 5.74) is 0. The number of aliphatic hydroxyl groups is 1. The lowest BCUT2D eigenvalue weighted by Gasteiger charge is -2.40. The van der Waals surface area contributed by atoms with E-state index in [0.29, 0.717) is 39.3 Å². The van der Waals surface area contributed by atoms with Gasteiger partial charge < -0.3 is 24.4 Å². The average molecular weight is 522 g/mol. The van der Waals surface area contributed by atoms with Crippen molar-refractivity contribution in [2.45, 2.75) is 35.8 Å². The second-order valence-electron chi connectivity index (χ2n) is 10.1. The number of amides is 2. The minimum Gasteiger partial charge on any atom is -0.465 e. The van der Waals surface area contributed by atoms with Crippen molar-refractivity contribution in [3.05, 3.63) is 25.3 Å². The molecule has 0 aliphatic carbocycles. The van der Waals surface area contributed by atoms with Gasteiger partial charge in [-0.25, -0.2) is 0 Å². The summed E-state index contributed by atoms with van der Waals surface area (Å²) >= 11 is 1.62. The molecule has 6 atom stereocenters. The standard InChI is InChI=1S/C26H39N3O6S/c1-4-6-14-35-25(33)20-19-17-18(3)26(36-19)21(20)23(31)29(10-13-30)22(26)24(32)28(7-5-2)9-8-27-11-15-34-16-12-27/h4-5,18-22,30H,1-2,6-17H2,3H3/t18?,19-,20+,21-,22?,26?/m0/s1. The van der Waals surface area contributed by atoms with Gasteiger partial charge in [-0.15, -0.1) is 24.9 Å². The molecule has 0 radical (unpaired) electrons. The first-order valence-electron chi connectivity index (χ1n) is 13.0. The molecule has 4 saturated heterocycles. The third-order valence-corrected chi connectivity index (χ3v) is 10.2. The predicted octanol–water partition coefficient (Wildman–Crippen LogP) is 0.782. The number of thioether (sulfide) groups is 1. The average Bonchev–Trinajstić information content (AvgIpc) is 3.46. The Morgan fingerprint density at radius 2 is 2.03 bits per heavy atom. The highest BCUT2D eigenvalue weighted by molar-refractivity contribution is 8.02. The van der Waals surface area contributed by atoms with Crippen molar-refractivity contribution in [1.29, 1.82) is 0 Å². The number of nitrogens with zero attached hydrogens (tertiary/aromatic N) is 3. The number of fused-ring (bicyclic) bond motifs is 1. The molecular formula is C26H39N3O6S. The van der Waals surface area contributed by atoms with Crippen LogP contribution >= 0.6 is 11.8 Å². The number of ether oxygens (including phenoxy) is 2. The predicted molar refractivity (Wildman–Crippen MR) is 137 cm³/mol. The van der Waals surface area contributed by atoms with Crippen LogP contribution < -0.4 is 0 Å². The molecular weight excluding hydrogens is 482 g/mol. The first-order chi connectivity index (χ1) is 17.4. The summed E-state index contributed by atoms with van der Waals surface area (Å²) in [6.45, 7) is 14.3. The van der Waals surface area contributed by atoms with E-state index in [0.717, 1.165) is 19.5 Å². The van der Waals surface area contributed by atoms with E-state index in [4.69, 9.17) is 9.47 Å². The summed E-state index contributed by atoms with van der Waals surface area (Å²) in [5.74, 6) is -1.86. The second-order valence-corrected chi connectivity index (χ2v) is 11.6. The molecule has 4 aliphatic rings. The van der Waals surface area contributed by atoms with Crippen LogP contribution in [-0.4, -0.2) is 119 Å². The van der Waals surface area contributed by atoms with Crippen molar-refractivity contribution in [3.8, 4) is 0 Å². The van der Waals surface area contributed by atoms with Gasteiger partial charge >= 0.3 is 5.97 Å². The number of likely N-dealkylation sites (tertiary alicyclic amines) is 1. The van der Waals surface area contributed by atoms with Crippen molar-refractivity contribution in [3.63, 3.8) is 0 Å². The molecule has 9 nitrogen and oxygen atoms in total. The summed E-state index contributed by atoms with van der Waals surface area (Å²) < 4.78 is 10.2. The third-order valence-electron chi connectivity index (χ3n) is 8.11. The fourth-order valence-electron chi connectivity index (χ4n) is 6.46. The lowest BCUT2D eigenvalue weighted by Crippen LogP contribution is -2.58. The Kier molecular flexibility index (Phi) is 8.80. The van der Waals surface area contributed by atoms with Crippen LogP contribution in [0.25, 0.3) is 0 Å². The van der Waals surface area contributed by atoms with Crippen molar-refractivity contribution in [1.82, 2.24) is 14.7 Å². The highest BCUT2D eigenvalue weighted by Gasteiger charge is 2.76. The van der Waals surface area contributed by atoms with Gasteiger partial charge in [0, 0.05) is 44.5 Å². The second kappa shape index (κ2) is 11.7.